The lowest BCUT2D eigenvalue weighted by molar-refractivity contribution is -0.0787. The first-order valence-corrected chi connectivity index (χ1v) is 9.85. The van der Waals surface area contributed by atoms with Gasteiger partial charge in [0.1, 0.15) is 0 Å². The number of hydrogen-bond acceptors (Lipinski definition) is 8. The fourth-order valence-electron chi connectivity index (χ4n) is 4.47. The summed E-state index contributed by atoms with van der Waals surface area (Å²) in [5.41, 5.74) is 1.93. The van der Waals surface area contributed by atoms with Gasteiger partial charge >= 0.3 is 0 Å². The average molecular weight is 416 g/mol. The Kier molecular flexibility index (Phi) is 4.75. The van der Waals surface area contributed by atoms with Gasteiger partial charge in [0.15, 0.2) is 29.3 Å². The summed E-state index contributed by atoms with van der Waals surface area (Å²) in [6.07, 6.45) is -0.815. The maximum atomic E-state index is 10.3. The van der Waals surface area contributed by atoms with Crippen LogP contribution in [0.4, 0.5) is 0 Å². The smallest absolute Gasteiger partial charge is 0.231 e. The first-order chi connectivity index (χ1) is 14.6. The van der Waals surface area contributed by atoms with E-state index < -0.39 is 6.29 Å². The lowest BCUT2D eigenvalue weighted by atomic mass is 9.75. The van der Waals surface area contributed by atoms with Gasteiger partial charge in [0.25, 0.3) is 0 Å². The van der Waals surface area contributed by atoms with Crippen molar-refractivity contribution >= 4 is 0 Å². The maximum Gasteiger partial charge on any atom is 0.231 e. The van der Waals surface area contributed by atoms with E-state index in [9.17, 15) is 5.11 Å². The van der Waals surface area contributed by atoms with E-state index in [0.29, 0.717) is 41.1 Å². The summed E-state index contributed by atoms with van der Waals surface area (Å²) in [5, 5.41) is 10.3. The van der Waals surface area contributed by atoms with E-state index in [1.54, 1.807) is 14.2 Å². The minimum Gasteiger partial charge on any atom is -0.493 e. The van der Waals surface area contributed by atoms with Crippen molar-refractivity contribution in [2.24, 2.45) is 11.8 Å². The van der Waals surface area contributed by atoms with Crippen LogP contribution in [0.1, 0.15) is 24.0 Å². The number of hydrogen-bond donors (Lipinski definition) is 1. The van der Waals surface area contributed by atoms with Gasteiger partial charge in [-0.1, -0.05) is 6.92 Å². The lowest BCUT2D eigenvalue weighted by Gasteiger charge is -2.28. The molecule has 0 bridgehead atoms. The second-order valence-corrected chi connectivity index (χ2v) is 7.64. The SMILES string of the molecule is COc1cc(C(c2cc(OC)c3c(c2)OCO3)[C@@H]2CO[C@@H](O)[C@@H]2C)cc2c1OCO2. The molecule has 1 N–H and O–H groups in total. The molecule has 0 saturated carbocycles. The summed E-state index contributed by atoms with van der Waals surface area (Å²) in [6, 6.07) is 7.83. The summed E-state index contributed by atoms with van der Waals surface area (Å²) in [5.74, 6) is 3.46. The Bertz CT molecular complexity index is 893. The predicted molar refractivity (Wildman–Crippen MR) is 105 cm³/mol. The Hall–Kier alpha value is -2.84. The van der Waals surface area contributed by atoms with Crippen LogP contribution in [0, 0.1) is 11.8 Å². The maximum absolute atomic E-state index is 10.3. The highest BCUT2D eigenvalue weighted by atomic mass is 16.7. The van der Waals surface area contributed by atoms with E-state index in [1.165, 1.54) is 0 Å². The summed E-state index contributed by atoms with van der Waals surface area (Å²) < 4.78 is 39.1. The van der Waals surface area contributed by atoms with Crippen LogP contribution in [0.25, 0.3) is 0 Å². The van der Waals surface area contributed by atoms with Crippen molar-refractivity contribution in [1.82, 2.24) is 0 Å². The molecule has 5 rings (SSSR count). The van der Waals surface area contributed by atoms with Gasteiger partial charge in [-0.2, -0.15) is 0 Å². The second kappa shape index (κ2) is 7.45. The fraction of sp³-hybridized carbons (Fsp3) is 0.455. The number of aliphatic hydroxyl groups excluding tert-OH is 1. The van der Waals surface area contributed by atoms with Gasteiger partial charge < -0.3 is 38.3 Å². The third-order valence-electron chi connectivity index (χ3n) is 6.09. The van der Waals surface area contributed by atoms with Crippen LogP contribution in [0.2, 0.25) is 0 Å². The minimum absolute atomic E-state index is 0.00940. The van der Waals surface area contributed by atoms with E-state index >= 15 is 0 Å². The third kappa shape index (κ3) is 2.98. The highest BCUT2D eigenvalue weighted by Crippen LogP contribution is 2.51. The third-order valence-corrected chi connectivity index (χ3v) is 6.09. The number of benzene rings is 2. The Morgan fingerprint density at radius 1 is 0.867 bits per heavy atom. The summed E-state index contributed by atoms with van der Waals surface area (Å²) in [6.45, 7) is 2.71. The van der Waals surface area contributed by atoms with Crippen LogP contribution < -0.4 is 28.4 Å². The lowest BCUT2D eigenvalue weighted by Crippen LogP contribution is -2.23. The molecule has 0 aliphatic carbocycles. The highest BCUT2D eigenvalue weighted by molar-refractivity contribution is 5.60. The molecule has 8 nitrogen and oxygen atoms in total. The van der Waals surface area contributed by atoms with Crippen LogP contribution >= 0.6 is 0 Å². The quantitative estimate of drug-likeness (QED) is 0.797. The number of aliphatic hydroxyl groups is 1. The second-order valence-electron chi connectivity index (χ2n) is 7.64. The summed E-state index contributed by atoms with van der Waals surface area (Å²) in [4.78, 5) is 0. The Balaban J connectivity index is 1.66. The van der Waals surface area contributed by atoms with Gasteiger partial charge in [-0.15, -0.1) is 0 Å². The van der Waals surface area contributed by atoms with Crippen LogP contribution in [0.15, 0.2) is 24.3 Å². The van der Waals surface area contributed by atoms with Gasteiger partial charge in [-0.25, -0.2) is 0 Å². The highest BCUT2D eigenvalue weighted by Gasteiger charge is 2.41. The zero-order valence-electron chi connectivity index (χ0n) is 17.0. The average Bonchev–Trinajstić information content (AvgIpc) is 3.49. The largest absolute Gasteiger partial charge is 0.493 e. The van der Waals surface area contributed by atoms with Gasteiger partial charge in [-0.3, -0.25) is 0 Å². The van der Waals surface area contributed by atoms with E-state index in [-0.39, 0.29) is 31.3 Å². The molecule has 1 saturated heterocycles. The predicted octanol–water partition coefficient (Wildman–Crippen LogP) is 2.89. The molecule has 3 heterocycles. The standard InChI is InChI=1S/C22H24O8/c1-11-14(8-26-22(11)23)19(12-4-15(24-2)20-17(6-12)27-9-29-20)13-5-16(25-3)21-18(7-13)28-10-30-21/h4-7,11,14,19,22-23H,8-10H2,1-3H3/t11-,14-,22-/m1/s1. The summed E-state index contributed by atoms with van der Waals surface area (Å²) in [7, 11) is 3.20. The molecule has 1 fully saturated rings. The van der Waals surface area contributed by atoms with Crippen LogP contribution in [-0.2, 0) is 4.74 Å². The fourth-order valence-corrected chi connectivity index (χ4v) is 4.47. The van der Waals surface area contributed by atoms with E-state index in [4.69, 9.17) is 33.2 Å². The molecule has 0 aromatic heterocycles. The van der Waals surface area contributed by atoms with E-state index in [2.05, 4.69) is 0 Å². The molecule has 0 spiro atoms. The molecule has 3 aliphatic rings. The zero-order valence-corrected chi connectivity index (χ0v) is 17.0. The summed E-state index contributed by atoms with van der Waals surface area (Å²) >= 11 is 0. The molecule has 160 valence electrons. The van der Waals surface area contributed by atoms with Crippen LogP contribution in [-0.4, -0.2) is 45.8 Å². The molecule has 0 amide bonds. The molecule has 2 aromatic carbocycles. The van der Waals surface area contributed by atoms with Crippen molar-refractivity contribution < 1.29 is 38.3 Å². The van der Waals surface area contributed by atoms with Crippen molar-refractivity contribution in [2.45, 2.75) is 19.1 Å². The zero-order chi connectivity index (χ0) is 20.8. The first-order valence-electron chi connectivity index (χ1n) is 9.85. The Morgan fingerprint density at radius 2 is 1.40 bits per heavy atom. The number of ether oxygens (including phenoxy) is 7. The van der Waals surface area contributed by atoms with Crippen LogP contribution in [0.3, 0.4) is 0 Å². The van der Waals surface area contributed by atoms with Gasteiger partial charge in [0.2, 0.25) is 25.1 Å². The van der Waals surface area contributed by atoms with E-state index in [1.807, 2.05) is 31.2 Å². The number of rotatable bonds is 5. The van der Waals surface area contributed by atoms with E-state index in [0.717, 1.165) is 11.1 Å². The molecule has 0 radical (unpaired) electrons. The number of fused-ring (bicyclic) bond motifs is 2. The van der Waals surface area contributed by atoms with Crippen molar-refractivity contribution in [3.63, 3.8) is 0 Å². The van der Waals surface area contributed by atoms with Crippen molar-refractivity contribution in [2.75, 3.05) is 34.4 Å². The van der Waals surface area contributed by atoms with Gasteiger partial charge in [0, 0.05) is 17.8 Å². The molecule has 2 aromatic rings. The minimum atomic E-state index is -0.815. The molecular weight excluding hydrogens is 392 g/mol. The molecule has 3 atom stereocenters. The Morgan fingerprint density at radius 3 is 1.83 bits per heavy atom. The van der Waals surface area contributed by atoms with Crippen molar-refractivity contribution in [3.05, 3.63) is 35.4 Å². The van der Waals surface area contributed by atoms with Crippen LogP contribution in [0.5, 0.6) is 34.5 Å². The monoisotopic (exact) mass is 416 g/mol. The van der Waals surface area contributed by atoms with Gasteiger partial charge in [-0.05, 0) is 35.4 Å². The molecule has 0 unspecified atom stereocenters. The van der Waals surface area contributed by atoms with Crippen molar-refractivity contribution in [3.8, 4) is 34.5 Å². The first kappa shape index (κ1) is 19.1. The Labute approximate surface area is 174 Å². The molecular formula is C22H24O8. The normalized spacial score (nSPS) is 23.8. The van der Waals surface area contributed by atoms with Gasteiger partial charge in [0.05, 0.1) is 20.8 Å². The molecule has 3 aliphatic heterocycles. The molecule has 8 heteroatoms. The molecule has 30 heavy (non-hydrogen) atoms. The topological polar surface area (TPSA) is 84.8 Å². The van der Waals surface area contributed by atoms with Crippen molar-refractivity contribution in [1.29, 1.82) is 0 Å². The number of methoxy groups -OCH3 is 2.